The second-order valence-corrected chi connectivity index (χ2v) is 5.93. The van der Waals surface area contributed by atoms with Gasteiger partial charge in [-0.25, -0.2) is 0 Å². The Bertz CT molecular complexity index is 558. The van der Waals surface area contributed by atoms with E-state index in [4.69, 9.17) is 0 Å². The molecule has 0 fully saturated rings. The van der Waals surface area contributed by atoms with Crippen LogP contribution in [-0.4, -0.2) is 11.1 Å². The van der Waals surface area contributed by atoms with E-state index in [2.05, 4.69) is 55.1 Å². The van der Waals surface area contributed by atoms with Crippen LogP contribution in [0.2, 0.25) is 0 Å². The Morgan fingerprint density at radius 3 is 2.82 bits per heavy atom. The van der Waals surface area contributed by atoms with Gasteiger partial charge in [0.25, 0.3) is 0 Å². The molecule has 2 heteroatoms. The van der Waals surface area contributed by atoms with Crippen molar-refractivity contribution in [1.29, 1.82) is 0 Å². The first-order valence-electron chi connectivity index (χ1n) is 6.45. The maximum absolute atomic E-state index is 3.54. The number of rotatable bonds is 0. The molecule has 2 aromatic rings. The van der Waals surface area contributed by atoms with Gasteiger partial charge in [0, 0.05) is 29.4 Å². The second-order valence-electron chi connectivity index (χ2n) is 5.93. The molecule has 0 saturated heterocycles. The van der Waals surface area contributed by atoms with Gasteiger partial charge >= 0.3 is 0 Å². The van der Waals surface area contributed by atoms with Crippen molar-refractivity contribution in [3.63, 3.8) is 0 Å². The summed E-state index contributed by atoms with van der Waals surface area (Å²) in [5, 5.41) is 4.97. The molecule has 0 amide bonds. The molecular weight excluding hydrogens is 208 g/mol. The predicted molar refractivity (Wildman–Crippen MR) is 73.7 cm³/mol. The molecule has 0 aliphatic carbocycles. The van der Waals surface area contributed by atoms with E-state index < -0.39 is 0 Å². The fourth-order valence-corrected chi connectivity index (χ4v) is 2.76. The first-order chi connectivity index (χ1) is 8.07. The third kappa shape index (κ3) is 1.63. The lowest BCUT2D eigenvalue weighted by Gasteiger charge is -2.23. The monoisotopic (exact) mass is 228 g/mol. The molecule has 1 aromatic carbocycles. The highest BCUT2D eigenvalue weighted by molar-refractivity contribution is 5.96. The van der Waals surface area contributed by atoms with E-state index in [-0.39, 0.29) is 5.54 Å². The normalized spacial score (nSPS) is 15.7. The van der Waals surface area contributed by atoms with Crippen molar-refractivity contribution in [2.24, 2.45) is 0 Å². The minimum Gasteiger partial charge on any atom is -0.384 e. The van der Waals surface area contributed by atoms with Gasteiger partial charge in [-0.1, -0.05) is 6.07 Å². The van der Waals surface area contributed by atoms with Crippen LogP contribution in [0.1, 0.15) is 32.8 Å². The summed E-state index contributed by atoms with van der Waals surface area (Å²) in [6, 6.07) is 6.59. The van der Waals surface area contributed by atoms with Crippen LogP contribution >= 0.6 is 0 Å². The molecule has 1 aliphatic heterocycles. The van der Waals surface area contributed by atoms with E-state index >= 15 is 0 Å². The highest BCUT2D eigenvalue weighted by atomic mass is 15.0. The van der Waals surface area contributed by atoms with Crippen LogP contribution in [0.3, 0.4) is 0 Å². The van der Waals surface area contributed by atoms with E-state index in [0.717, 1.165) is 6.54 Å². The van der Waals surface area contributed by atoms with Gasteiger partial charge in [-0.2, -0.15) is 0 Å². The summed E-state index contributed by atoms with van der Waals surface area (Å²) >= 11 is 0. The van der Waals surface area contributed by atoms with Crippen LogP contribution in [0.15, 0.2) is 24.4 Å². The lowest BCUT2D eigenvalue weighted by molar-refractivity contribution is 0.410. The lowest BCUT2D eigenvalue weighted by Crippen LogP contribution is -2.20. The molecule has 0 spiro atoms. The van der Waals surface area contributed by atoms with Crippen molar-refractivity contribution in [1.82, 2.24) is 4.57 Å². The van der Waals surface area contributed by atoms with Crippen LogP contribution in [0.25, 0.3) is 10.9 Å². The van der Waals surface area contributed by atoms with E-state index in [1.165, 1.54) is 35.0 Å². The number of aryl methyl sites for hydroxylation is 1. The van der Waals surface area contributed by atoms with Gasteiger partial charge in [0.05, 0.1) is 5.52 Å². The number of hydrogen-bond acceptors (Lipinski definition) is 1. The number of aromatic nitrogens is 1. The topological polar surface area (TPSA) is 17.0 Å². The Kier molecular flexibility index (Phi) is 2.22. The van der Waals surface area contributed by atoms with Gasteiger partial charge in [-0.15, -0.1) is 0 Å². The van der Waals surface area contributed by atoms with Crippen LogP contribution in [0.4, 0.5) is 5.69 Å². The quantitative estimate of drug-likeness (QED) is 0.726. The summed E-state index contributed by atoms with van der Waals surface area (Å²) in [6.07, 6.45) is 4.75. The number of hydrogen-bond donors (Lipinski definition) is 1. The van der Waals surface area contributed by atoms with Crippen molar-refractivity contribution in [3.05, 3.63) is 30.0 Å². The molecule has 0 atom stereocenters. The van der Waals surface area contributed by atoms with Crippen molar-refractivity contribution in [2.45, 2.75) is 39.2 Å². The lowest BCUT2D eigenvalue weighted by atomic mass is 10.1. The van der Waals surface area contributed by atoms with Gasteiger partial charge in [-0.3, -0.25) is 0 Å². The Labute approximate surface area is 103 Å². The van der Waals surface area contributed by atoms with Crippen LogP contribution < -0.4 is 5.32 Å². The fraction of sp³-hybridized carbons (Fsp3) is 0.467. The zero-order valence-electron chi connectivity index (χ0n) is 10.9. The zero-order valence-corrected chi connectivity index (χ0v) is 10.9. The summed E-state index contributed by atoms with van der Waals surface area (Å²) < 4.78 is 2.41. The maximum Gasteiger partial charge on any atom is 0.0509 e. The SMILES string of the molecule is CC(C)(C)n1cc2c3c(cccc31)NCCC2. The first-order valence-corrected chi connectivity index (χ1v) is 6.45. The van der Waals surface area contributed by atoms with E-state index in [1.807, 2.05) is 0 Å². The van der Waals surface area contributed by atoms with Gasteiger partial charge < -0.3 is 9.88 Å². The van der Waals surface area contributed by atoms with Crippen molar-refractivity contribution >= 4 is 16.6 Å². The van der Waals surface area contributed by atoms with Gasteiger partial charge in [-0.05, 0) is 51.3 Å². The van der Waals surface area contributed by atoms with Crippen LogP contribution in [0, 0.1) is 0 Å². The van der Waals surface area contributed by atoms with Gasteiger partial charge in [0.1, 0.15) is 0 Å². The van der Waals surface area contributed by atoms with Crippen molar-refractivity contribution in [3.8, 4) is 0 Å². The Balaban J connectivity index is 2.35. The van der Waals surface area contributed by atoms with Crippen molar-refractivity contribution < 1.29 is 0 Å². The molecule has 2 nitrogen and oxygen atoms in total. The standard InChI is InChI=1S/C15H20N2/c1-15(2,3)17-10-11-6-5-9-16-12-7-4-8-13(17)14(11)12/h4,7-8,10,16H,5-6,9H2,1-3H3. The fourth-order valence-electron chi connectivity index (χ4n) is 2.76. The maximum atomic E-state index is 3.54. The van der Waals surface area contributed by atoms with Gasteiger partial charge in [0.2, 0.25) is 0 Å². The molecule has 0 bridgehead atoms. The molecule has 0 radical (unpaired) electrons. The second kappa shape index (κ2) is 3.52. The Morgan fingerprint density at radius 1 is 1.24 bits per heavy atom. The van der Waals surface area contributed by atoms with Crippen LogP contribution in [-0.2, 0) is 12.0 Å². The molecule has 1 aromatic heterocycles. The third-order valence-corrected chi connectivity index (χ3v) is 3.57. The molecule has 1 N–H and O–H groups in total. The Morgan fingerprint density at radius 2 is 2.06 bits per heavy atom. The summed E-state index contributed by atoms with van der Waals surface area (Å²) in [7, 11) is 0. The van der Waals surface area contributed by atoms with E-state index in [1.54, 1.807) is 0 Å². The molecule has 0 unspecified atom stereocenters. The van der Waals surface area contributed by atoms with Crippen molar-refractivity contribution in [2.75, 3.05) is 11.9 Å². The molecule has 90 valence electrons. The third-order valence-electron chi connectivity index (χ3n) is 3.57. The zero-order chi connectivity index (χ0) is 12.0. The number of nitrogens with zero attached hydrogens (tertiary/aromatic N) is 1. The number of nitrogens with one attached hydrogen (secondary N) is 1. The molecule has 1 aliphatic rings. The average Bonchev–Trinajstić information content (AvgIpc) is 2.51. The van der Waals surface area contributed by atoms with E-state index in [9.17, 15) is 0 Å². The molecule has 17 heavy (non-hydrogen) atoms. The van der Waals surface area contributed by atoms with E-state index in [0.29, 0.717) is 0 Å². The van der Waals surface area contributed by atoms with Gasteiger partial charge in [0.15, 0.2) is 0 Å². The predicted octanol–water partition coefficient (Wildman–Crippen LogP) is 3.75. The minimum atomic E-state index is 0.147. The summed E-state index contributed by atoms with van der Waals surface area (Å²) in [5.74, 6) is 0. The summed E-state index contributed by atoms with van der Waals surface area (Å²) in [5.41, 5.74) is 4.31. The number of anilines is 1. The molecule has 3 rings (SSSR count). The largest absolute Gasteiger partial charge is 0.384 e. The smallest absolute Gasteiger partial charge is 0.0509 e. The molecular formula is C15H20N2. The average molecular weight is 228 g/mol. The molecule has 0 saturated carbocycles. The summed E-state index contributed by atoms with van der Waals surface area (Å²) in [6.45, 7) is 7.88. The molecule has 2 heterocycles. The highest BCUT2D eigenvalue weighted by Gasteiger charge is 2.20. The van der Waals surface area contributed by atoms with Crippen LogP contribution in [0.5, 0.6) is 0 Å². The first kappa shape index (κ1) is 10.7. The Hall–Kier alpha value is -1.44. The summed E-state index contributed by atoms with van der Waals surface area (Å²) in [4.78, 5) is 0. The highest BCUT2D eigenvalue weighted by Crippen LogP contribution is 2.34. The number of benzene rings is 1. The minimum absolute atomic E-state index is 0.147.